The molecule has 1 unspecified atom stereocenters. The minimum Gasteiger partial charge on any atom is -0.480 e. The summed E-state index contributed by atoms with van der Waals surface area (Å²) in [4.78, 5) is 22.5. The number of carboxylic acid groups (broad SMARTS) is 1. The summed E-state index contributed by atoms with van der Waals surface area (Å²) < 4.78 is 13.4. The normalized spacial score (nSPS) is 11.4. The third-order valence-corrected chi connectivity index (χ3v) is 2.82. The molecule has 3 N–H and O–H groups in total. The van der Waals surface area contributed by atoms with Gasteiger partial charge in [0, 0.05) is 5.02 Å². The fourth-order valence-electron chi connectivity index (χ4n) is 1.61. The molecule has 1 atom stereocenters. The summed E-state index contributed by atoms with van der Waals surface area (Å²) in [6.07, 6.45) is 1.09. The summed E-state index contributed by atoms with van der Waals surface area (Å²) in [5.74, 6) is -2.16. The number of hydrogen-bond donors (Lipinski definition) is 3. The Morgan fingerprint density at radius 3 is 2.67 bits per heavy atom. The second kappa shape index (κ2) is 9.55. The van der Waals surface area contributed by atoms with Crippen molar-refractivity contribution in [1.82, 2.24) is 5.32 Å². The fraction of sp³-hybridized carbons (Fsp3) is 0.385. The predicted molar refractivity (Wildman–Crippen MR) is 81.6 cm³/mol. The van der Waals surface area contributed by atoms with Crippen LogP contribution in [0.3, 0.4) is 0 Å². The molecule has 1 rings (SSSR count). The van der Waals surface area contributed by atoms with Crippen molar-refractivity contribution in [2.24, 2.45) is 0 Å². The third kappa shape index (κ3) is 6.75. The van der Waals surface area contributed by atoms with Crippen molar-refractivity contribution in [3.63, 3.8) is 0 Å². The van der Waals surface area contributed by atoms with Crippen LogP contribution in [0.2, 0.25) is 5.02 Å². The highest BCUT2D eigenvalue weighted by Gasteiger charge is 2.17. The van der Waals surface area contributed by atoms with Gasteiger partial charge in [-0.2, -0.15) is 0 Å². The number of halogens is 3. The zero-order chi connectivity index (χ0) is 15.1. The maximum Gasteiger partial charge on any atom is 0.320 e. The standard InChI is InChI=1S/C13H16ClFN2O3.ClH/c1-2-3-10(13(19)20)16-7-12(18)17-11-6-8(14)4-5-9(11)15;/h4-6,10,16H,2-3,7H2,1H3,(H,17,18)(H,19,20);1H. The van der Waals surface area contributed by atoms with Gasteiger partial charge in [-0.1, -0.05) is 24.9 Å². The first-order valence-corrected chi connectivity index (χ1v) is 6.53. The van der Waals surface area contributed by atoms with E-state index in [4.69, 9.17) is 16.7 Å². The Balaban J connectivity index is 0.00000400. The Morgan fingerprint density at radius 1 is 1.43 bits per heavy atom. The van der Waals surface area contributed by atoms with Crippen LogP contribution in [0.1, 0.15) is 19.8 Å². The zero-order valence-electron chi connectivity index (χ0n) is 11.4. The number of hydrogen-bond acceptors (Lipinski definition) is 3. The predicted octanol–water partition coefficient (Wildman–Crippen LogP) is 2.68. The second-order valence-corrected chi connectivity index (χ2v) is 4.67. The molecule has 0 aromatic heterocycles. The summed E-state index contributed by atoms with van der Waals surface area (Å²) in [5.41, 5.74) is -0.0355. The lowest BCUT2D eigenvalue weighted by Gasteiger charge is -2.13. The van der Waals surface area contributed by atoms with Crippen molar-refractivity contribution >= 4 is 41.6 Å². The lowest BCUT2D eigenvalue weighted by atomic mass is 10.2. The van der Waals surface area contributed by atoms with Crippen molar-refractivity contribution in [3.8, 4) is 0 Å². The number of rotatable bonds is 7. The molecule has 0 fully saturated rings. The van der Waals surface area contributed by atoms with Crippen molar-refractivity contribution in [2.45, 2.75) is 25.8 Å². The van der Waals surface area contributed by atoms with E-state index < -0.39 is 23.7 Å². The molecule has 1 aromatic carbocycles. The molecule has 5 nitrogen and oxygen atoms in total. The van der Waals surface area contributed by atoms with Gasteiger partial charge in [0.2, 0.25) is 5.91 Å². The van der Waals surface area contributed by atoms with E-state index in [0.717, 1.165) is 6.07 Å². The lowest BCUT2D eigenvalue weighted by molar-refractivity contribution is -0.139. The van der Waals surface area contributed by atoms with Gasteiger partial charge in [0.1, 0.15) is 11.9 Å². The van der Waals surface area contributed by atoms with Gasteiger partial charge in [-0.3, -0.25) is 14.9 Å². The third-order valence-electron chi connectivity index (χ3n) is 2.59. The molecule has 0 saturated carbocycles. The van der Waals surface area contributed by atoms with E-state index in [2.05, 4.69) is 10.6 Å². The van der Waals surface area contributed by atoms with Crippen LogP contribution >= 0.6 is 24.0 Å². The van der Waals surface area contributed by atoms with Crippen LogP contribution in [0.4, 0.5) is 10.1 Å². The molecule has 8 heteroatoms. The van der Waals surface area contributed by atoms with Gasteiger partial charge >= 0.3 is 5.97 Å². The topological polar surface area (TPSA) is 78.4 Å². The van der Waals surface area contributed by atoms with E-state index in [1.807, 2.05) is 6.92 Å². The van der Waals surface area contributed by atoms with E-state index in [9.17, 15) is 14.0 Å². The number of nitrogens with one attached hydrogen (secondary N) is 2. The average molecular weight is 339 g/mol. The van der Waals surface area contributed by atoms with Gasteiger partial charge < -0.3 is 10.4 Å². The first kappa shape index (κ1) is 19.6. The smallest absolute Gasteiger partial charge is 0.320 e. The quantitative estimate of drug-likeness (QED) is 0.714. The van der Waals surface area contributed by atoms with Gasteiger partial charge in [-0.05, 0) is 24.6 Å². The van der Waals surface area contributed by atoms with Crippen LogP contribution in [0.5, 0.6) is 0 Å². The number of carboxylic acids is 1. The number of benzene rings is 1. The molecule has 0 radical (unpaired) electrons. The summed E-state index contributed by atoms with van der Waals surface area (Å²) in [7, 11) is 0. The second-order valence-electron chi connectivity index (χ2n) is 4.23. The van der Waals surface area contributed by atoms with E-state index in [1.165, 1.54) is 12.1 Å². The van der Waals surface area contributed by atoms with E-state index in [-0.39, 0.29) is 24.6 Å². The molecule has 0 aliphatic rings. The van der Waals surface area contributed by atoms with Crippen LogP contribution in [0, 0.1) is 5.82 Å². The first-order chi connectivity index (χ1) is 9.43. The van der Waals surface area contributed by atoms with Crippen molar-refractivity contribution in [3.05, 3.63) is 29.0 Å². The molecule has 0 bridgehead atoms. The highest BCUT2D eigenvalue weighted by atomic mass is 35.5. The Hall–Kier alpha value is -1.37. The average Bonchev–Trinajstić information content (AvgIpc) is 2.38. The van der Waals surface area contributed by atoms with Crippen molar-refractivity contribution in [1.29, 1.82) is 0 Å². The Kier molecular flexibility index (Phi) is 8.92. The monoisotopic (exact) mass is 338 g/mol. The maximum absolute atomic E-state index is 13.4. The van der Waals surface area contributed by atoms with E-state index >= 15 is 0 Å². The van der Waals surface area contributed by atoms with Gasteiger partial charge in [-0.15, -0.1) is 12.4 Å². The molecule has 1 aromatic rings. The zero-order valence-corrected chi connectivity index (χ0v) is 12.9. The molecule has 1 amide bonds. The first-order valence-electron chi connectivity index (χ1n) is 6.15. The van der Waals surface area contributed by atoms with E-state index in [0.29, 0.717) is 17.9 Å². The minimum atomic E-state index is -1.02. The molecule has 0 aliphatic heterocycles. The van der Waals surface area contributed by atoms with Crippen LogP contribution in [-0.4, -0.2) is 29.6 Å². The molecule has 21 heavy (non-hydrogen) atoms. The maximum atomic E-state index is 13.4. The van der Waals surface area contributed by atoms with Crippen LogP contribution in [0.25, 0.3) is 0 Å². The lowest BCUT2D eigenvalue weighted by Crippen LogP contribution is -2.41. The highest BCUT2D eigenvalue weighted by Crippen LogP contribution is 2.19. The van der Waals surface area contributed by atoms with E-state index in [1.54, 1.807) is 0 Å². The highest BCUT2D eigenvalue weighted by molar-refractivity contribution is 6.30. The molecular formula is C13H17Cl2FN2O3. The molecule has 0 aliphatic carbocycles. The Bertz CT molecular complexity index is 500. The molecule has 118 valence electrons. The fourth-order valence-corrected chi connectivity index (χ4v) is 1.78. The van der Waals surface area contributed by atoms with Gasteiger partial charge in [-0.25, -0.2) is 4.39 Å². The Morgan fingerprint density at radius 2 is 2.10 bits per heavy atom. The van der Waals surface area contributed by atoms with Crippen molar-refractivity contribution < 1.29 is 19.1 Å². The summed E-state index contributed by atoms with van der Waals surface area (Å²) in [5, 5.41) is 14.2. The van der Waals surface area contributed by atoms with Crippen LogP contribution < -0.4 is 10.6 Å². The summed E-state index contributed by atoms with van der Waals surface area (Å²) >= 11 is 5.70. The molecule has 0 heterocycles. The van der Waals surface area contributed by atoms with Crippen LogP contribution in [-0.2, 0) is 9.59 Å². The summed E-state index contributed by atoms with van der Waals surface area (Å²) in [6.45, 7) is 1.63. The number of aliphatic carboxylic acids is 1. The summed E-state index contributed by atoms with van der Waals surface area (Å²) in [6, 6.07) is 3.00. The van der Waals surface area contributed by atoms with Gasteiger partial charge in [0.25, 0.3) is 0 Å². The largest absolute Gasteiger partial charge is 0.480 e. The number of carbonyl (C=O) groups excluding carboxylic acids is 1. The minimum absolute atomic E-state index is 0. The SMILES string of the molecule is CCCC(NCC(=O)Nc1cc(Cl)ccc1F)C(=O)O.Cl. The molecule has 0 spiro atoms. The van der Waals surface area contributed by atoms with Gasteiger partial charge in [0.05, 0.1) is 12.2 Å². The van der Waals surface area contributed by atoms with Gasteiger partial charge in [0.15, 0.2) is 0 Å². The number of anilines is 1. The molecular weight excluding hydrogens is 322 g/mol. The molecule has 0 saturated heterocycles. The number of amides is 1. The number of carbonyl (C=O) groups is 2. The Labute approximate surface area is 133 Å². The van der Waals surface area contributed by atoms with Crippen LogP contribution in [0.15, 0.2) is 18.2 Å². The van der Waals surface area contributed by atoms with Crippen molar-refractivity contribution in [2.75, 3.05) is 11.9 Å².